The summed E-state index contributed by atoms with van der Waals surface area (Å²) in [5.74, 6) is 1.46. The van der Waals surface area contributed by atoms with E-state index in [-0.39, 0.29) is 0 Å². The van der Waals surface area contributed by atoms with E-state index < -0.39 is 0 Å². The highest BCUT2D eigenvalue weighted by Crippen LogP contribution is 2.12. The van der Waals surface area contributed by atoms with E-state index in [0.29, 0.717) is 12.5 Å². The van der Waals surface area contributed by atoms with E-state index in [2.05, 4.69) is 0 Å². The number of hydrogen-bond donors (Lipinski definition) is 0. The second-order valence-electron chi connectivity index (χ2n) is 2.56. The predicted molar refractivity (Wildman–Crippen MR) is 57.4 cm³/mol. The lowest BCUT2D eigenvalue weighted by atomic mass is 10.2. The monoisotopic (exact) mass is 196 g/mol. The lowest BCUT2D eigenvalue weighted by Crippen LogP contribution is -1.90. The molecule has 0 unspecified atom stereocenters. The summed E-state index contributed by atoms with van der Waals surface area (Å²) in [4.78, 5) is 0. The van der Waals surface area contributed by atoms with Crippen molar-refractivity contribution in [2.45, 2.75) is 6.92 Å². The fourth-order valence-electron chi connectivity index (χ4n) is 1.02. The first-order valence-corrected chi connectivity index (χ1v) is 4.85. The second-order valence-corrected chi connectivity index (χ2v) is 2.87. The summed E-state index contributed by atoms with van der Waals surface area (Å²) in [6, 6.07) is 7.93. The Morgan fingerprint density at radius 2 is 2.00 bits per heavy atom. The van der Waals surface area contributed by atoms with Gasteiger partial charge in [0.25, 0.3) is 0 Å². The molecule has 0 atom stereocenters. The number of allylic oxidation sites excluding steroid dienone is 1. The molecular formula is C11H13ClO. The highest BCUT2D eigenvalue weighted by atomic mass is 35.5. The molecule has 13 heavy (non-hydrogen) atoms. The minimum atomic E-state index is 0.549. The van der Waals surface area contributed by atoms with Gasteiger partial charge in [-0.1, -0.05) is 24.3 Å². The molecule has 1 aromatic carbocycles. The maximum absolute atomic E-state index is 5.52. The van der Waals surface area contributed by atoms with E-state index in [0.717, 1.165) is 11.3 Å². The third-order valence-corrected chi connectivity index (χ3v) is 1.77. The summed E-state index contributed by atoms with van der Waals surface area (Å²) in [6.07, 6.45) is 3.90. The second kappa shape index (κ2) is 5.65. The zero-order chi connectivity index (χ0) is 9.52. The van der Waals surface area contributed by atoms with Crippen molar-refractivity contribution >= 4 is 17.7 Å². The van der Waals surface area contributed by atoms with Gasteiger partial charge in [-0.05, 0) is 24.6 Å². The zero-order valence-corrected chi connectivity index (χ0v) is 8.42. The molecule has 0 radical (unpaired) electrons. The van der Waals surface area contributed by atoms with Crippen molar-refractivity contribution in [2.24, 2.45) is 0 Å². The van der Waals surface area contributed by atoms with Gasteiger partial charge in [0.2, 0.25) is 0 Å². The highest BCUT2D eigenvalue weighted by Gasteiger charge is 1.90. The third kappa shape index (κ3) is 3.51. The predicted octanol–water partition coefficient (Wildman–Crippen LogP) is 3.34. The summed E-state index contributed by atoms with van der Waals surface area (Å²) in [6.45, 7) is 2.68. The molecule has 0 aliphatic heterocycles. The Hall–Kier alpha value is -0.950. The average molecular weight is 197 g/mol. The number of halogens is 1. The van der Waals surface area contributed by atoms with Gasteiger partial charge >= 0.3 is 0 Å². The number of benzene rings is 1. The van der Waals surface area contributed by atoms with Crippen LogP contribution in [-0.4, -0.2) is 12.5 Å². The van der Waals surface area contributed by atoms with Gasteiger partial charge in [0.1, 0.15) is 5.75 Å². The molecule has 0 aliphatic rings. The van der Waals surface area contributed by atoms with E-state index in [1.165, 1.54) is 0 Å². The number of ether oxygens (including phenoxy) is 1. The van der Waals surface area contributed by atoms with Crippen LogP contribution in [-0.2, 0) is 0 Å². The van der Waals surface area contributed by atoms with Crippen molar-refractivity contribution in [3.05, 3.63) is 35.9 Å². The summed E-state index contributed by atoms with van der Waals surface area (Å²) in [7, 11) is 0. The van der Waals surface area contributed by atoms with Crippen LogP contribution in [0.4, 0.5) is 0 Å². The molecule has 0 heterocycles. The number of rotatable bonds is 4. The van der Waals surface area contributed by atoms with Crippen LogP contribution in [0, 0.1) is 0 Å². The van der Waals surface area contributed by atoms with Crippen molar-refractivity contribution in [3.8, 4) is 5.75 Å². The molecule has 0 fully saturated rings. The van der Waals surface area contributed by atoms with E-state index in [4.69, 9.17) is 16.3 Å². The summed E-state index contributed by atoms with van der Waals surface area (Å²) in [5.41, 5.74) is 1.14. The first kappa shape index (κ1) is 10.1. The fourth-order valence-corrected chi connectivity index (χ4v) is 1.11. The molecular weight excluding hydrogens is 184 g/mol. The molecule has 0 spiro atoms. The maximum atomic E-state index is 5.52. The Labute approximate surface area is 84.0 Å². The van der Waals surface area contributed by atoms with Gasteiger partial charge in [-0.2, -0.15) is 0 Å². The van der Waals surface area contributed by atoms with Gasteiger partial charge in [-0.15, -0.1) is 11.6 Å². The highest BCUT2D eigenvalue weighted by molar-refractivity contribution is 6.19. The molecule has 2 heteroatoms. The average Bonchev–Trinajstić information content (AvgIpc) is 2.17. The topological polar surface area (TPSA) is 9.23 Å². The lowest BCUT2D eigenvalue weighted by molar-refractivity contribution is 0.340. The van der Waals surface area contributed by atoms with Gasteiger partial charge in [0, 0.05) is 5.88 Å². The quantitative estimate of drug-likeness (QED) is 0.672. The Kier molecular flexibility index (Phi) is 4.41. The van der Waals surface area contributed by atoms with Crippen LogP contribution in [0.15, 0.2) is 30.3 Å². The summed E-state index contributed by atoms with van der Waals surface area (Å²) < 4.78 is 5.32. The number of hydrogen-bond acceptors (Lipinski definition) is 1. The molecule has 0 N–H and O–H groups in total. The minimum absolute atomic E-state index is 0.549. The van der Waals surface area contributed by atoms with E-state index >= 15 is 0 Å². The van der Waals surface area contributed by atoms with Gasteiger partial charge in [-0.25, -0.2) is 0 Å². The fraction of sp³-hybridized carbons (Fsp3) is 0.273. The molecule has 0 aliphatic carbocycles. The van der Waals surface area contributed by atoms with Crippen LogP contribution in [0.25, 0.3) is 6.08 Å². The van der Waals surface area contributed by atoms with Crippen LogP contribution in [0.3, 0.4) is 0 Å². The van der Waals surface area contributed by atoms with Crippen LogP contribution in [0.1, 0.15) is 12.5 Å². The van der Waals surface area contributed by atoms with E-state index in [1.54, 1.807) is 0 Å². The minimum Gasteiger partial charge on any atom is -0.494 e. The first-order valence-electron chi connectivity index (χ1n) is 4.32. The molecule has 0 aromatic heterocycles. The van der Waals surface area contributed by atoms with Crippen LogP contribution < -0.4 is 4.74 Å². The van der Waals surface area contributed by atoms with Gasteiger partial charge < -0.3 is 4.74 Å². The Bertz CT molecular complexity index is 264. The molecule has 0 amide bonds. The summed E-state index contributed by atoms with van der Waals surface area (Å²) >= 11 is 5.52. The zero-order valence-electron chi connectivity index (χ0n) is 7.66. The normalized spacial score (nSPS) is 10.6. The van der Waals surface area contributed by atoms with Gasteiger partial charge in [0.05, 0.1) is 6.61 Å². The summed E-state index contributed by atoms with van der Waals surface area (Å²) in [5, 5.41) is 0. The number of alkyl halides is 1. The third-order valence-electron chi connectivity index (χ3n) is 1.59. The van der Waals surface area contributed by atoms with E-state index in [1.807, 2.05) is 43.3 Å². The molecule has 0 saturated carbocycles. The van der Waals surface area contributed by atoms with E-state index in [9.17, 15) is 0 Å². The molecule has 70 valence electrons. The van der Waals surface area contributed by atoms with Crippen molar-refractivity contribution in [1.82, 2.24) is 0 Å². The Morgan fingerprint density at radius 1 is 1.31 bits per heavy atom. The van der Waals surface area contributed by atoms with Crippen molar-refractivity contribution in [3.63, 3.8) is 0 Å². The Morgan fingerprint density at radius 3 is 2.54 bits per heavy atom. The van der Waals surface area contributed by atoms with Crippen LogP contribution >= 0.6 is 11.6 Å². The lowest BCUT2D eigenvalue weighted by Gasteiger charge is -2.01. The molecule has 0 saturated heterocycles. The molecule has 1 nitrogen and oxygen atoms in total. The van der Waals surface area contributed by atoms with Crippen molar-refractivity contribution in [1.29, 1.82) is 0 Å². The van der Waals surface area contributed by atoms with Gasteiger partial charge in [-0.3, -0.25) is 0 Å². The molecule has 1 rings (SSSR count). The van der Waals surface area contributed by atoms with Crippen molar-refractivity contribution < 1.29 is 4.74 Å². The molecule has 0 bridgehead atoms. The van der Waals surface area contributed by atoms with Gasteiger partial charge in [0.15, 0.2) is 0 Å². The maximum Gasteiger partial charge on any atom is 0.119 e. The largest absolute Gasteiger partial charge is 0.494 e. The van der Waals surface area contributed by atoms with Crippen LogP contribution in [0.5, 0.6) is 5.75 Å². The standard InChI is InChI=1S/C11H13ClO/c1-2-13-11-7-5-10(6-8-11)4-3-9-12/h3-8H,2,9H2,1H3/b4-3+. The smallest absolute Gasteiger partial charge is 0.119 e. The molecule has 1 aromatic rings. The van der Waals surface area contributed by atoms with Crippen molar-refractivity contribution in [2.75, 3.05) is 12.5 Å². The Balaban J connectivity index is 2.64. The van der Waals surface area contributed by atoms with Crippen LogP contribution in [0.2, 0.25) is 0 Å². The SMILES string of the molecule is CCOc1ccc(/C=C/CCl)cc1. The first-order chi connectivity index (χ1) is 6.36.